The number of hydrogen-bond acceptors (Lipinski definition) is 7. The highest BCUT2D eigenvalue weighted by Gasteiger charge is 2.42. The highest BCUT2D eigenvalue weighted by Crippen LogP contribution is 2.23. The molecule has 8 nitrogen and oxygen atoms in total. The predicted molar refractivity (Wildman–Crippen MR) is 55.7 cm³/mol. The van der Waals surface area contributed by atoms with Crippen LogP contribution in [0.25, 0.3) is 0 Å². The standard InChI is InChI=1S/C7H13BNO7P/c1-2-14-9-6(10)4(3-15-17(12)13)16-5(8)7(9)11/h4-7,10-11H,2-3H2,1H3/p+1. The van der Waals surface area contributed by atoms with Crippen molar-refractivity contribution in [3.8, 4) is 0 Å². The molecule has 2 radical (unpaired) electrons. The van der Waals surface area contributed by atoms with Crippen LogP contribution in [0.15, 0.2) is 0 Å². The third-order valence-corrected chi connectivity index (χ3v) is 2.48. The average Bonchev–Trinajstić information content (AvgIpc) is 2.27. The van der Waals surface area contributed by atoms with Gasteiger partial charge in [0, 0.05) is 4.57 Å². The normalized spacial score (nSPS) is 35.9. The van der Waals surface area contributed by atoms with E-state index in [1.54, 1.807) is 6.92 Å². The highest BCUT2D eigenvalue weighted by molar-refractivity contribution is 7.32. The largest absolute Gasteiger partial charge is 0.694 e. The Morgan fingerprint density at radius 3 is 2.65 bits per heavy atom. The van der Waals surface area contributed by atoms with Crippen LogP contribution in [0.2, 0.25) is 0 Å². The molecular formula is C7H14BNO7P+. The molecule has 1 fully saturated rings. The van der Waals surface area contributed by atoms with E-state index in [0.717, 1.165) is 5.06 Å². The summed E-state index contributed by atoms with van der Waals surface area (Å²) in [6.07, 6.45) is -3.67. The molecule has 1 saturated heterocycles. The lowest BCUT2D eigenvalue weighted by molar-refractivity contribution is -0.365. The summed E-state index contributed by atoms with van der Waals surface area (Å²) in [5.74, 6) is 0. The number of ether oxygens (including phenoxy) is 1. The second kappa shape index (κ2) is 6.72. The maximum atomic E-state index is 10.4. The first-order valence-corrected chi connectivity index (χ1v) is 6.07. The number of aliphatic hydroxyl groups excluding tert-OH is 2. The molecule has 0 amide bonds. The number of aliphatic hydroxyl groups is 2. The zero-order valence-electron chi connectivity index (χ0n) is 9.17. The topological polar surface area (TPSA) is 109 Å². The summed E-state index contributed by atoms with van der Waals surface area (Å²) in [5.41, 5.74) is 0. The lowest BCUT2D eigenvalue weighted by Crippen LogP contribution is -2.61. The molecule has 5 atom stereocenters. The molecule has 17 heavy (non-hydrogen) atoms. The minimum absolute atomic E-state index is 0.211. The molecule has 0 aliphatic carbocycles. The van der Waals surface area contributed by atoms with Crippen LogP contribution >= 0.6 is 8.25 Å². The summed E-state index contributed by atoms with van der Waals surface area (Å²) >= 11 is 0. The monoisotopic (exact) mass is 266 g/mol. The number of hydroxylamine groups is 2. The minimum atomic E-state index is -2.80. The zero-order valence-corrected chi connectivity index (χ0v) is 10.1. The van der Waals surface area contributed by atoms with Gasteiger partial charge in [0.1, 0.15) is 26.8 Å². The van der Waals surface area contributed by atoms with Crippen LogP contribution in [0.5, 0.6) is 0 Å². The number of rotatable bonds is 5. The summed E-state index contributed by atoms with van der Waals surface area (Å²) in [6, 6.07) is -1.12. The molecule has 0 bridgehead atoms. The lowest BCUT2D eigenvalue weighted by Gasteiger charge is -2.42. The Balaban J connectivity index is 2.63. The average molecular weight is 266 g/mol. The summed E-state index contributed by atoms with van der Waals surface area (Å²) < 4.78 is 19.8. The van der Waals surface area contributed by atoms with Crippen LogP contribution in [0.3, 0.4) is 0 Å². The molecule has 96 valence electrons. The third-order valence-electron chi connectivity index (χ3n) is 2.11. The Labute approximate surface area is 100 Å². The maximum absolute atomic E-state index is 10.4. The van der Waals surface area contributed by atoms with Crippen LogP contribution in [0.1, 0.15) is 6.92 Å². The van der Waals surface area contributed by atoms with Crippen LogP contribution in [-0.4, -0.2) is 65.8 Å². The van der Waals surface area contributed by atoms with Crippen LogP contribution in [-0.2, 0) is 18.7 Å². The summed E-state index contributed by atoms with van der Waals surface area (Å²) in [4.78, 5) is 13.5. The van der Waals surface area contributed by atoms with E-state index in [1.807, 2.05) is 0 Å². The van der Waals surface area contributed by atoms with E-state index in [9.17, 15) is 14.8 Å². The van der Waals surface area contributed by atoms with Gasteiger partial charge in [-0.1, -0.05) is 0 Å². The molecule has 1 heterocycles. The van der Waals surface area contributed by atoms with Crippen molar-refractivity contribution in [2.45, 2.75) is 31.5 Å². The zero-order chi connectivity index (χ0) is 13.0. The van der Waals surface area contributed by atoms with Gasteiger partial charge in [0.25, 0.3) is 0 Å². The van der Waals surface area contributed by atoms with Crippen molar-refractivity contribution < 1.29 is 33.8 Å². The van der Waals surface area contributed by atoms with Crippen molar-refractivity contribution in [3.63, 3.8) is 0 Å². The third kappa shape index (κ3) is 3.94. The molecule has 0 spiro atoms. The van der Waals surface area contributed by atoms with Gasteiger partial charge in [-0.05, 0) is 6.92 Å². The van der Waals surface area contributed by atoms with E-state index in [2.05, 4.69) is 4.52 Å². The summed E-state index contributed by atoms with van der Waals surface area (Å²) in [7, 11) is 2.67. The molecule has 5 unspecified atom stereocenters. The van der Waals surface area contributed by atoms with Gasteiger partial charge < -0.3 is 14.9 Å². The minimum Gasteiger partial charge on any atom is -0.374 e. The van der Waals surface area contributed by atoms with E-state index < -0.39 is 32.8 Å². The number of nitrogens with zero attached hydrogens (tertiary/aromatic N) is 1. The molecule has 0 aromatic rings. The van der Waals surface area contributed by atoms with Crippen LogP contribution in [0.4, 0.5) is 0 Å². The Morgan fingerprint density at radius 2 is 2.12 bits per heavy atom. The lowest BCUT2D eigenvalue weighted by atomic mass is 9.96. The molecular weight excluding hydrogens is 252 g/mol. The molecule has 3 N–H and O–H groups in total. The first-order chi connectivity index (χ1) is 7.97. The molecule has 0 saturated carbocycles. The van der Waals surface area contributed by atoms with Crippen molar-refractivity contribution in [2.75, 3.05) is 13.2 Å². The van der Waals surface area contributed by atoms with Crippen molar-refractivity contribution >= 4 is 16.1 Å². The number of morpholine rings is 1. The molecule has 0 aromatic heterocycles. The summed E-state index contributed by atoms with van der Waals surface area (Å²) in [5, 5.41) is 20.2. The van der Waals surface area contributed by atoms with Gasteiger partial charge >= 0.3 is 8.25 Å². The first-order valence-electron chi connectivity index (χ1n) is 4.94. The quantitative estimate of drug-likeness (QED) is 0.405. The van der Waals surface area contributed by atoms with E-state index in [1.165, 1.54) is 0 Å². The fraction of sp³-hybridized carbons (Fsp3) is 1.00. The van der Waals surface area contributed by atoms with E-state index in [0.29, 0.717) is 0 Å². The van der Waals surface area contributed by atoms with Crippen molar-refractivity contribution in [2.24, 2.45) is 0 Å². The molecule has 1 rings (SSSR count). The second-order valence-corrected chi connectivity index (χ2v) is 4.01. The van der Waals surface area contributed by atoms with Gasteiger partial charge in [0.2, 0.25) is 0 Å². The van der Waals surface area contributed by atoms with Crippen molar-refractivity contribution in [1.82, 2.24) is 5.06 Å². The first kappa shape index (κ1) is 14.9. The Morgan fingerprint density at radius 1 is 1.47 bits per heavy atom. The summed E-state index contributed by atoms with van der Waals surface area (Å²) in [6.45, 7) is 1.52. The van der Waals surface area contributed by atoms with Crippen LogP contribution in [0, 0.1) is 0 Å². The van der Waals surface area contributed by atoms with E-state index in [-0.39, 0.29) is 13.2 Å². The predicted octanol–water partition coefficient (Wildman–Crippen LogP) is -1.56. The highest BCUT2D eigenvalue weighted by atomic mass is 31.1. The van der Waals surface area contributed by atoms with E-state index >= 15 is 0 Å². The molecule has 1 aliphatic heterocycles. The fourth-order valence-corrected chi connectivity index (χ4v) is 1.65. The van der Waals surface area contributed by atoms with Gasteiger partial charge in [-0.3, -0.25) is 4.84 Å². The van der Waals surface area contributed by atoms with E-state index in [4.69, 9.17) is 22.3 Å². The Bertz CT molecular complexity index is 271. The smallest absolute Gasteiger partial charge is 0.374 e. The van der Waals surface area contributed by atoms with Gasteiger partial charge in [0.15, 0.2) is 6.23 Å². The SMILES string of the molecule is [B]C1OC(CO[P+](=O)O)C(O)N(OCC)C1O. The Hall–Kier alpha value is -0.115. The second-order valence-electron chi connectivity index (χ2n) is 3.28. The van der Waals surface area contributed by atoms with Gasteiger partial charge in [0.05, 0.1) is 12.6 Å². The maximum Gasteiger partial charge on any atom is 0.694 e. The van der Waals surface area contributed by atoms with Crippen LogP contribution < -0.4 is 0 Å². The number of hydrogen-bond donors (Lipinski definition) is 3. The van der Waals surface area contributed by atoms with Crippen molar-refractivity contribution in [1.29, 1.82) is 0 Å². The van der Waals surface area contributed by atoms with Crippen molar-refractivity contribution in [3.05, 3.63) is 0 Å². The Kier molecular flexibility index (Phi) is 5.91. The molecule has 10 heteroatoms. The molecule has 0 aromatic carbocycles. The van der Waals surface area contributed by atoms with Gasteiger partial charge in [-0.2, -0.15) is 0 Å². The molecule has 1 aliphatic rings. The fourth-order valence-electron chi connectivity index (χ4n) is 1.37. The van der Waals surface area contributed by atoms with Gasteiger partial charge in [-0.15, -0.1) is 14.5 Å². The van der Waals surface area contributed by atoms with Gasteiger partial charge in [-0.25, -0.2) is 0 Å².